The average Bonchev–Trinajstić information content (AvgIpc) is 2.70. The summed E-state index contributed by atoms with van der Waals surface area (Å²) in [6.07, 6.45) is 1.47. The number of hydrogen-bond donors (Lipinski definition) is 1. The number of nitrogens with one attached hydrogen (secondary N) is 1. The molecule has 1 atom stereocenters. The predicted octanol–water partition coefficient (Wildman–Crippen LogP) is 3.25. The summed E-state index contributed by atoms with van der Waals surface area (Å²) in [6.45, 7) is 2.03. The second-order valence-electron chi connectivity index (χ2n) is 4.11. The molecule has 0 aliphatic carbocycles. The monoisotopic (exact) mass is 239 g/mol. The highest BCUT2D eigenvalue weighted by atomic mass is 19.1. The Kier molecular flexibility index (Phi) is 3.43. The van der Waals surface area contributed by atoms with Crippen LogP contribution >= 0.6 is 0 Å². The van der Waals surface area contributed by atoms with Gasteiger partial charge in [-0.3, -0.25) is 0 Å². The summed E-state index contributed by atoms with van der Waals surface area (Å²) in [5, 5.41) is 3.57. The lowest BCUT2D eigenvalue weighted by Gasteiger charge is -2.14. The number of hydrogen-bond acceptors (Lipinski definition) is 2. The van der Waals surface area contributed by atoms with E-state index < -0.39 is 11.8 Å². The molecule has 0 saturated heterocycles. The fourth-order valence-corrected chi connectivity index (χ4v) is 1.95. The molecular formula is C13H15F2NO. The van der Waals surface area contributed by atoms with Gasteiger partial charge in [0.1, 0.15) is 0 Å². The van der Waals surface area contributed by atoms with Gasteiger partial charge >= 0.3 is 0 Å². The third-order valence-corrected chi connectivity index (χ3v) is 3.04. The Hall–Kier alpha value is -1.42. The van der Waals surface area contributed by atoms with Crippen molar-refractivity contribution in [3.05, 3.63) is 35.6 Å². The van der Waals surface area contributed by atoms with E-state index in [-0.39, 0.29) is 11.6 Å². The summed E-state index contributed by atoms with van der Waals surface area (Å²) >= 11 is 0. The number of benzene rings is 1. The third-order valence-electron chi connectivity index (χ3n) is 3.04. The molecule has 0 radical (unpaired) electrons. The van der Waals surface area contributed by atoms with E-state index >= 15 is 0 Å². The minimum absolute atomic E-state index is 0.00551. The zero-order valence-corrected chi connectivity index (χ0v) is 9.89. The molecule has 0 spiro atoms. The lowest BCUT2D eigenvalue weighted by Crippen LogP contribution is -2.26. The molecular weight excluding hydrogens is 224 g/mol. The van der Waals surface area contributed by atoms with Gasteiger partial charge in [0.25, 0.3) is 6.01 Å². The summed E-state index contributed by atoms with van der Waals surface area (Å²) in [7, 11) is 1.84. The van der Waals surface area contributed by atoms with Gasteiger partial charge in [-0.1, -0.05) is 19.1 Å². The summed E-state index contributed by atoms with van der Waals surface area (Å²) in [5.41, 5.74) is 0.555. The van der Waals surface area contributed by atoms with Gasteiger partial charge in [-0.2, -0.15) is 4.39 Å². The van der Waals surface area contributed by atoms with Crippen LogP contribution in [0.2, 0.25) is 0 Å². The van der Waals surface area contributed by atoms with E-state index in [9.17, 15) is 8.78 Å². The van der Waals surface area contributed by atoms with Gasteiger partial charge in [-0.15, -0.1) is 0 Å². The number of furan rings is 1. The topological polar surface area (TPSA) is 25.2 Å². The molecule has 2 nitrogen and oxygen atoms in total. The summed E-state index contributed by atoms with van der Waals surface area (Å²) in [4.78, 5) is 0. The molecule has 1 N–H and O–H groups in total. The smallest absolute Gasteiger partial charge is 0.278 e. The maximum absolute atomic E-state index is 14.0. The van der Waals surface area contributed by atoms with Crippen molar-refractivity contribution in [1.29, 1.82) is 0 Å². The van der Waals surface area contributed by atoms with Crippen LogP contribution in [0.4, 0.5) is 8.78 Å². The van der Waals surface area contributed by atoms with Crippen LogP contribution in [0.25, 0.3) is 11.0 Å². The summed E-state index contributed by atoms with van der Waals surface area (Å²) in [6, 6.07) is 4.02. The first kappa shape index (κ1) is 12.0. The third kappa shape index (κ3) is 2.31. The van der Waals surface area contributed by atoms with Crippen molar-refractivity contribution in [2.24, 2.45) is 0 Å². The second-order valence-corrected chi connectivity index (χ2v) is 4.11. The van der Waals surface area contributed by atoms with E-state index in [4.69, 9.17) is 4.42 Å². The minimum Gasteiger partial charge on any atom is -0.428 e. The lowest BCUT2D eigenvalue weighted by atomic mass is 10.0. The van der Waals surface area contributed by atoms with E-state index in [1.807, 2.05) is 14.0 Å². The van der Waals surface area contributed by atoms with E-state index in [1.54, 1.807) is 12.1 Å². The Labute approximate surface area is 98.6 Å². The van der Waals surface area contributed by atoms with Crippen molar-refractivity contribution in [2.75, 3.05) is 7.05 Å². The Morgan fingerprint density at radius 3 is 2.76 bits per heavy atom. The molecule has 92 valence electrons. The molecule has 0 aliphatic heterocycles. The molecule has 0 bridgehead atoms. The molecule has 4 heteroatoms. The van der Waals surface area contributed by atoms with Crippen LogP contribution in [0.1, 0.15) is 18.9 Å². The average molecular weight is 239 g/mol. The highest BCUT2D eigenvalue weighted by molar-refractivity contribution is 5.78. The first-order valence-corrected chi connectivity index (χ1v) is 5.69. The first-order valence-electron chi connectivity index (χ1n) is 5.69. The van der Waals surface area contributed by atoms with Gasteiger partial charge in [0.2, 0.25) is 0 Å². The fourth-order valence-electron chi connectivity index (χ4n) is 1.95. The summed E-state index contributed by atoms with van der Waals surface area (Å²) in [5.74, 6) is -0.458. The van der Waals surface area contributed by atoms with E-state index in [1.165, 1.54) is 6.07 Å². The van der Waals surface area contributed by atoms with Crippen LogP contribution in [0.15, 0.2) is 22.6 Å². The zero-order valence-electron chi connectivity index (χ0n) is 9.89. The highest BCUT2D eigenvalue weighted by Crippen LogP contribution is 2.25. The SMILES string of the molecule is CC[C@H](Cc1ccc2cc(F)oc2c1F)NC. The van der Waals surface area contributed by atoms with Gasteiger partial charge in [-0.05, 0) is 25.5 Å². The number of rotatable bonds is 4. The Balaban J connectivity index is 2.38. The van der Waals surface area contributed by atoms with Gasteiger partial charge in [0, 0.05) is 17.5 Å². The van der Waals surface area contributed by atoms with Gasteiger partial charge in [0.05, 0.1) is 0 Å². The van der Waals surface area contributed by atoms with Crippen molar-refractivity contribution in [3.63, 3.8) is 0 Å². The molecule has 2 aromatic rings. The minimum atomic E-state index is -0.753. The van der Waals surface area contributed by atoms with Gasteiger partial charge in [-0.25, -0.2) is 4.39 Å². The molecule has 2 rings (SSSR count). The van der Waals surface area contributed by atoms with Crippen molar-refractivity contribution in [2.45, 2.75) is 25.8 Å². The Bertz CT molecular complexity index is 517. The molecule has 1 heterocycles. The summed E-state index contributed by atoms with van der Waals surface area (Å²) < 4.78 is 31.6. The van der Waals surface area contributed by atoms with Crippen molar-refractivity contribution in [1.82, 2.24) is 5.32 Å². The van der Waals surface area contributed by atoms with Crippen molar-refractivity contribution < 1.29 is 13.2 Å². The maximum atomic E-state index is 14.0. The van der Waals surface area contributed by atoms with Crippen LogP contribution in [0.5, 0.6) is 0 Å². The van der Waals surface area contributed by atoms with Crippen LogP contribution in [-0.4, -0.2) is 13.1 Å². The van der Waals surface area contributed by atoms with Gasteiger partial charge < -0.3 is 9.73 Å². The quantitative estimate of drug-likeness (QED) is 0.886. The van der Waals surface area contributed by atoms with Crippen LogP contribution in [0.3, 0.4) is 0 Å². The first-order chi connectivity index (χ1) is 8.15. The standard InChI is InChI=1S/C13H15F2NO/c1-3-10(16-2)6-8-4-5-9-7-11(14)17-13(9)12(8)15/h4-5,7,10,16H,3,6H2,1-2H3/t10-/m1/s1. The molecule has 0 amide bonds. The molecule has 1 aromatic heterocycles. The molecule has 0 fully saturated rings. The Morgan fingerprint density at radius 2 is 2.12 bits per heavy atom. The molecule has 0 saturated carbocycles. The van der Waals surface area contributed by atoms with Crippen LogP contribution in [-0.2, 0) is 6.42 Å². The van der Waals surface area contributed by atoms with E-state index in [0.29, 0.717) is 17.4 Å². The molecule has 0 unspecified atom stereocenters. The zero-order chi connectivity index (χ0) is 12.4. The second kappa shape index (κ2) is 4.84. The number of fused-ring (bicyclic) bond motifs is 1. The van der Waals surface area contributed by atoms with Crippen molar-refractivity contribution >= 4 is 11.0 Å². The number of likely N-dealkylation sites (N-methyl/N-ethyl adjacent to an activating group) is 1. The Morgan fingerprint density at radius 1 is 1.35 bits per heavy atom. The maximum Gasteiger partial charge on any atom is 0.278 e. The van der Waals surface area contributed by atoms with Crippen LogP contribution in [0, 0.1) is 11.8 Å². The molecule has 0 aliphatic rings. The number of halogens is 2. The fraction of sp³-hybridized carbons (Fsp3) is 0.385. The predicted molar refractivity (Wildman–Crippen MR) is 63.0 cm³/mol. The highest BCUT2D eigenvalue weighted by Gasteiger charge is 2.15. The van der Waals surface area contributed by atoms with Gasteiger partial charge in [0.15, 0.2) is 11.4 Å². The normalized spacial score (nSPS) is 13.2. The molecule has 17 heavy (non-hydrogen) atoms. The molecule has 1 aromatic carbocycles. The van der Waals surface area contributed by atoms with Crippen molar-refractivity contribution in [3.8, 4) is 0 Å². The largest absolute Gasteiger partial charge is 0.428 e. The van der Waals surface area contributed by atoms with E-state index in [0.717, 1.165) is 6.42 Å². The van der Waals surface area contributed by atoms with E-state index in [2.05, 4.69) is 5.32 Å². The lowest BCUT2D eigenvalue weighted by molar-refractivity contribution is 0.373. The van der Waals surface area contributed by atoms with Crippen LogP contribution < -0.4 is 5.32 Å².